The molecule has 1 saturated heterocycles. The van der Waals surface area contributed by atoms with Gasteiger partial charge in [0.15, 0.2) is 0 Å². The first kappa shape index (κ1) is 8.31. The first-order valence-corrected chi connectivity index (χ1v) is 3.72. The first-order chi connectivity index (χ1) is 4.33. The first-order valence-electron chi connectivity index (χ1n) is 3.72. The molecule has 60 valence electrons. The molecule has 1 spiro atoms. The number of aliphatic hydroxyl groups is 1. The predicted molar refractivity (Wildman–Crippen MR) is 42.4 cm³/mol. The third kappa shape index (κ3) is 1.16. The molecule has 1 saturated carbocycles. The molecule has 2 fully saturated rings. The lowest BCUT2D eigenvalue weighted by atomic mass is 9.92. The van der Waals surface area contributed by atoms with E-state index < -0.39 is 0 Å². The van der Waals surface area contributed by atoms with Crippen molar-refractivity contribution in [1.82, 2.24) is 5.32 Å². The summed E-state index contributed by atoms with van der Waals surface area (Å²) in [5.41, 5.74) is 0.380. The minimum atomic E-state index is -0.0498. The van der Waals surface area contributed by atoms with Crippen LogP contribution in [0.25, 0.3) is 0 Å². The Labute approximate surface area is 67.4 Å². The molecule has 0 aromatic rings. The van der Waals surface area contributed by atoms with E-state index in [1.807, 2.05) is 0 Å². The second-order valence-electron chi connectivity index (χ2n) is 3.33. The molecule has 2 rings (SSSR count). The van der Waals surface area contributed by atoms with E-state index in [-0.39, 0.29) is 18.5 Å². The summed E-state index contributed by atoms with van der Waals surface area (Å²) >= 11 is 0. The van der Waals surface area contributed by atoms with Gasteiger partial charge in [0.05, 0.1) is 6.10 Å². The molecule has 1 heterocycles. The van der Waals surface area contributed by atoms with Crippen molar-refractivity contribution in [2.45, 2.75) is 25.4 Å². The van der Waals surface area contributed by atoms with Gasteiger partial charge in [-0.1, -0.05) is 0 Å². The Morgan fingerprint density at radius 2 is 2.00 bits per heavy atom. The largest absolute Gasteiger partial charge is 0.391 e. The number of halogens is 1. The average Bonchev–Trinajstić information content (AvgIpc) is 2.60. The van der Waals surface area contributed by atoms with Gasteiger partial charge in [-0.2, -0.15) is 0 Å². The number of nitrogens with one attached hydrogen (secondary N) is 1. The molecule has 0 aromatic heterocycles. The fraction of sp³-hybridized carbons (Fsp3) is 1.00. The fourth-order valence-electron chi connectivity index (χ4n) is 1.70. The van der Waals surface area contributed by atoms with Crippen molar-refractivity contribution in [3.63, 3.8) is 0 Å². The Morgan fingerprint density at radius 1 is 1.30 bits per heavy atom. The van der Waals surface area contributed by atoms with E-state index in [1.54, 1.807) is 0 Å². The Kier molecular flexibility index (Phi) is 2.23. The Morgan fingerprint density at radius 3 is 2.40 bits per heavy atom. The minimum Gasteiger partial charge on any atom is -0.391 e. The molecule has 2 nitrogen and oxygen atoms in total. The molecule has 0 radical (unpaired) electrons. The molecule has 10 heavy (non-hydrogen) atoms. The summed E-state index contributed by atoms with van der Waals surface area (Å²) < 4.78 is 0. The number of β-amino-alcohol motifs (C(OH)–C–C–N with tert-alkyl or cyclic N) is 1. The van der Waals surface area contributed by atoms with Crippen molar-refractivity contribution in [2.75, 3.05) is 13.1 Å². The highest BCUT2D eigenvalue weighted by atomic mass is 35.5. The van der Waals surface area contributed by atoms with E-state index >= 15 is 0 Å². The third-order valence-electron chi connectivity index (χ3n) is 2.74. The molecule has 0 aromatic carbocycles. The van der Waals surface area contributed by atoms with E-state index in [0.717, 1.165) is 13.1 Å². The van der Waals surface area contributed by atoms with E-state index in [2.05, 4.69) is 5.32 Å². The summed E-state index contributed by atoms with van der Waals surface area (Å²) in [6.45, 7) is 1.93. The van der Waals surface area contributed by atoms with Gasteiger partial charge in [-0.3, -0.25) is 0 Å². The smallest absolute Gasteiger partial charge is 0.0721 e. The summed E-state index contributed by atoms with van der Waals surface area (Å²) in [5.74, 6) is 0. The van der Waals surface area contributed by atoms with Crippen LogP contribution >= 0.6 is 12.4 Å². The van der Waals surface area contributed by atoms with Crippen LogP contribution in [0.15, 0.2) is 0 Å². The highest BCUT2D eigenvalue weighted by Gasteiger charge is 2.49. The lowest BCUT2D eigenvalue weighted by molar-refractivity contribution is 0.0667. The van der Waals surface area contributed by atoms with E-state index in [0.29, 0.717) is 5.41 Å². The van der Waals surface area contributed by atoms with Crippen molar-refractivity contribution in [3.05, 3.63) is 0 Å². The standard InChI is InChI=1S/C7H13NO.ClH/c9-6-5-8-4-3-7(6)1-2-7;/h6,8-9H,1-5H2;1H/t6-;/m0./s1. The predicted octanol–water partition coefficient (Wildman–Crippen LogP) is 0.543. The second-order valence-corrected chi connectivity index (χ2v) is 3.33. The van der Waals surface area contributed by atoms with Crippen LogP contribution in [0.5, 0.6) is 0 Å². The van der Waals surface area contributed by atoms with Crippen LogP contribution in [-0.4, -0.2) is 24.3 Å². The molecule has 2 N–H and O–H groups in total. The molecule has 0 unspecified atom stereocenters. The minimum absolute atomic E-state index is 0. The van der Waals surface area contributed by atoms with Gasteiger partial charge < -0.3 is 10.4 Å². The Hall–Kier alpha value is 0.210. The highest BCUT2D eigenvalue weighted by molar-refractivity contribution is 5.85. The summed E-state index contributed by atoms with van der Waals surface area (Å²) in [6, 6.07) is 0. The van der Waals surface area contributed by atoms with Crippen molar-refractivity contribution in [1.29, 1.82) is 0 Å². The fourth-order valence-corrected chi connectivity index (χ4v) is 1.70. The third-order valence-corrected chi connectivity index (χ3v) is 2.74. The molecule has 1 aliphatic heterocycles. The number of hydrogen-bond acceptors (Lipinski definition) is 2. The van der Waals surface area contributed by atoms with Gasteiger partial charge in [-0.15, -0.1) is 12.4 Å². The normalized spacial score (nSPS) is 35.1. The molecular formula is C7H14ClNO. The van der Waals surface area contributed by atoms with E-state index in [4.69, 9.17) is 0 Å². The zero-order valence-corrected chi connectivity index (χ0v) is 6.78. The maximum atomic E-state index is 9.44. The van der Waals surface area contributed by atoms with Crippen molar-refractivity contribution >= 4 is 12.4 Å². The zero-order valence-electron chi connectivity index (χ0n) is 5.97. The second kappa shape index (κ2) is 2.68. The Bertz CT molecular complexity index is 125. The maximum Gasteiger partial charge on any atom is 0.0721 e. The van der Waals surface area contributed by atoms with Crippen LogP contribution in [0, 0.1) is 5.41 Å². The monoisotopic (exact) mass is 163 g/mol. The summed E-state index contributed by atoms with van der Waals surface area (Å²) in [6.07, 6.45) is 3.66. The molecule has 0 amide bonds. The Balaban J connectivity index is 0.000000500. The van der Waals surface area contributed by atoms with Crippen molar-refractivity contribution < 1.29 is 5.11 Å². The average molecular weight is 164 g/mol. The lowest BCUT2D eigenvalue weighted by Crippen LogP contribution is -2.41. The molecule has 1 aliphatic carbocycles. The lowest BCUT2D eigenvalue weighted by Gasteiger charge is -2.27. The van der Waals surface area contributed by atoms with Crippen LogP contribution < -0.4 is 5.32 Å². The highest BCUT2D eigenvalue weighted by Crippen LogP contribution is 2.52. The zero-order chi connectivity index (χ0) is 6.32. The quantitative estimate of drug-likeness (QED) is 0.547. The molecule has 3 heteroatoms. The molecule has 2 aliphatic rings. The maximum absolute atomic E-state index is 9.44. The number of hydrogen-bond donors (Lipinski definition) is 2. The summed E-state index contributed by atoms with van der Waals surface area (Å²) in [4.78, 5) is 0. The summed E-state index contributed by atoms with van der Waals surface area (Å²) in [7, 11) is 0. The van der Waals surface area contributed by atoms with Gasteiger partial charge in [0.25, 0.3) is 0 Å². The van der Waals surface area contributed by atoms with Crippen LogP contribution in [0.2, 0.25) is 0 Å². The van der Waals surface area contributed by atoms with Gasteiger partial charge in [0.2, 0.25) is 0 Å². The van der Waals surface area contributed by atoms with Crippen LogP contribution in [0.3, 0.4) is 0 Å². The van der Waals surface area contributed by atoms with Crippen LogP contribution in [0.4, 0.5) is 0 Å². The van der Waals surface area contributed by atoms with Crippen molar-refractivity contribution in [2.24, 2.45) is 5.41 Å². The van der Waals surface area contributed by atoms with E-state index in [9.17, 15) is 5.11 Å². The van der Waals surface area contributed by atoms with Crippen LogP contribution in [-0.2, 0) is 0 Å². The number of piperidine rings is 1. The molecule has 0 bridgehead atoms. The van der Waals surface area contributed by atoms with Gasteiger partial charge in [0.1, 0.15) is 0 Å². The number of aliphatic hydroxyl groups excluding tert-OH is 1. The van der Waals surface area contributed by atoms with Gasteiger partial charge >= 0.3 is 0 Å². The van der Waals surface area contributed by atoms with Gasteiger partial charge in [-0.25, -0.2) is 0 Å². The molecular weight excluding hydrogens is 150 g/mol. The number of rotatable bonds is 0. The van der Waals surface area contributed by atoms with Gasteiger partial charge in [0, 0.05) is 6.54 Å². The van der Waals surface area contributed by atoms with Crippen LogP contribution in [0.1, 0.15) is 19.3 Å². The SMILES string of the molecule is Cl.O[C@H]1CNCCC12CC2. The molecule has 1 atom stereocenters. The van der Waals surface area contributed by atoms with Crippen molar-refractivity contribution in [3.8, 4) is 0 Å². The summed E-state index contributed by atoms with van der Waals surface area (Å²) in [5, 5.41) is 12.6. The van der Waals surface area contributed by atoms with Gasteiger partial charge in [-0.05, 0) is 31.2 Å². The van der Waals surface area contributed by atoms with E-state index in [1.165, 1.54) is 19.3 Å². The topological polar surface area (TPSA) is 32.3 Å².